The Morgan fingerprint density at radius 1 is 1.24 bits per heavy atom. The Balaban J connectivity index is 2.64. The Bertz CT molecular complexity index is 470. The first-order chi connectivity index (χ1) is 10.1. The second kappa shape index (κ2) is 9.00. The fraction of sp³-hybridized carbons (Fsp3) is 0.500. The van der Waals surface area contributed by atoms with Gasteiger partial charge in [-0.3, -0.25) is 4.79 Å². The van der Waals surface area contributed by atoms with Gasteiger partial charge in [-0.15, -0.1) is 0 Å². The number of carbonyl (C=O) groups is 2. The number of methoxy groups -OCH3 is 2. The molecule has 0 amide bonds. The van der Waals surface area contributed by atoms with Crippen LogP contribution in [0.2, 0.25) is 0 Å². The van der Waals surface area contributed by atoms with Crippen LogP contribution in [-0.4, -0.2) is 33.1 Å². The number of hydrogen-bond acceptors (Lipinski definition) is 5. The van der Waals surface area contributed by atoms with E-state index in [4.69, 9.17) is 14.2 Å². The van der Waals surface area contributed by atoms with E-state index in [-0.39, 0.29) is 18.3 Å². The van der Waals surface area contributed by atoms with Crippen LogP contribution in [0.3, 0.4) is 0 Å². The monoisotopic (exact) mass is 294 g/mol. The molecule has 1 atom stereocenters. The summed E-state index contributed by atoms with van der Waals surface area (Å²) in [7, 11) is 3.14. The number of hydrogen-bond donors (Lipinski definition) is 0. The van der Waals surface area contributed by atoms with Crippen LogP contribution in [0.15, 0.2) is 18.2 Å². The molecule has 0 N–H and O–H groups in total. The minimum atomic E-state index is -0.267. The van der Waals surface area contributed by atoms with Crippen molar-refractivity contribution in [2.45, 2.75) is 26.2 Å². The maximum absolute atomic E-state index is 11.3. The van der Waals surface area contributed by atoms with Crippen LogP contribution in [-0.2, 0) is 20.7 Å². The van der Waals surface area contributed by atoms with E-state index in [1.807, 2.05) is 12.1 Å². The fourth-order valence-corrected chi connectivity index (χ4v) is 2.06. The van der Waals surface area contributed by atoms with Gasteiger partial charge in [0.1, 0.15) is 6.29 Å². The zero-order valence-electron chi connectivity index (χ0n) is 12.8. The van der Waals surface area contributed by atoms with Gasteiger partial charge in [-0.25, -0.2) is 0 Å². The van der Waals surface area contributed by atoms with Gasteiger partial charge in [0.2, 0.25) is 0 Å². The van der Waals surface area contributed by atoms with Crippen LogP contribution in [0.5, 0.6) is 11.5 Å². The Hall–Kier alpha value is -2.04. The first-order valence-electron chi connectivity index (χ1n) is 6.96. The van der Waals surface area contributed by atoms with Crippen molar-refractivity contribution in [3.8, 4) is 11.5 Å². The molecular formula is C16H22O5. The van der Waals surface area contributed by atoms with Crippen LogP contribution < -0.4 is 9.47 Å². The molecule has 116 valence electrons. The molecule has 1 rings (SSSR count). The first kappa shape index (κ1) is 17.0. The summed E-state index contributed by atoms with van der Waals surface area (Å²) in [6, 6.07) is 5.54. The summed E-state index contributed by atoms with van der Waals surface area (Å²) in [5, 5.41) is 0. The summed E-state index contributed by atoms with van der Waals surface area (Å²) in [6.07, 6.45) is 2.18. The van der Waals surface area contributed by atoms with Gasteiger partial charge in [0, 0.05) is 12.3 Å². The van der Waals surface area contributed by atoms with E-state index in [1.54, 1.807) is 27.2 Å². The molecule has 0 bridgehead atoms. The van der Waals surface area contributed by atoms with Crippen LogP contribution in [0.1, 0.15) is 25.3 Å². The molecule has 0 aliphatic heterocycles. The average Bonchev–Trinajstić information content (AvgIpc) is 2.51. The highest BCUT2D eigenvalue weighted by Gasteiger charge is 2.13. The zero-order valence-corrected chi connectivity index (χ0v) is 12.8. The number of esters is 1. The highest BCUT2D eigenvalue weighted by Crippen LogP contribution is 2.28. The lowest BCUT2D eigenvalue weighted by Crippen LogP contribution is -2.11. The van der Waals surface area contributed by atoms with E-state index in [0.29, 0.717) is 30.9 Å². The molecule has 0 aliphatic rings. The highest BCUT2D eigenvalue weighted by atomic mass is 16.5. The molecule has 0 fully saturated rings. The van der Waals surface area contributed by atoms with E-state index in [9.17, 15) is 9.59 Å². The van der Waals surface area contributed by atoms with Crippen molar-refractivity contribution in [2.75, 3.05) is 20.8 Å². The Morgan fingerprint density at radius 2 is 1.95 bits per heavy atom. The first-order valence-corrected chi connectivity index (χ1v) is 6.96. The fourth-order valence-electron chi connectivity index (χ4n) is 2.06. The van der Waals surface area contributed by atoms with Crippen LogP contribution in [0.25, 0.3) is 0 Å². The molecule has 1 aromatic rings. The van der Waals surface area contributed by atoms with Gasteiger partial charge in [0.05, 0.1) is 20.8 Å². The Kier molecular flexibility index (Phi) is 7.29. The Labute approximate surface area is 125 Å². The maximum atomic E-state index is 11.3. The number of benzene rings is 1. The molecule has 1 unspecified atom stereocenters. The summed E-state index contributed by atoms with van der Waals surface area (Å²) in [5.74, 6) is 0.796. The molecule has 0 saturated carbocycles. The third-order valence-electron chi connectivity index (χ3n) is 3.16. The summed E-state index contributed by atoms with van der Waals surface area (Å²) >= 11 is 0. The van der Waals surface area contributed by atoms with Gasteiger partial charge in [-0.05, 0) is 37.5 Å². The SMILES string of the molecule is CCOC(=O)CCC(C=O)Cc1ccc(OC)c(OC)c1. The molecule has 0 heterocycles. The predicted octanol–water partition coefficient (Wildman–Crippen LogP) is 2.40. The minimum absolute atomic E-state index is 0.215. The van der Waals surface area contributed by atoms with Gasteiger partial charge < -0.3 is 19.0 Å². The normalized spacial score (nSPS) is 11.6. The smallest absolute Gasteiger partial charge is 0.305 e. The summed E-state index contributed by atoms with van der Waals surface area (Å²) in [4.78, 5) is 22.5. The largest absolute Gasteiger partial charge is 0.493 e. The molecule has 1 aromatic carbocycles. The van der Waals surface area contributed by atoms with Crippen molar-refractivity contribution in [3.63, 3.8) is 0 Å². The van der Waals surface area contributed by atoms with E-state index in [1.165, 1.54) is 0 Å². The third-order valence-corrected chi connectivity index (χ3v) is 3.16. The van der Waals surface area contributed by atoms with Gasteiger partial charge in [0.15, 0.2) is 11.5 Å². The minimum Gasteiger partial charge on any atom is -0.493 e. The van der Waals surface area contributed by atoms with E-state index >= 15 is 0 Å². The molecule has 0 saturated heterocycles. The van der Waals surface area contributed by atoms with E-state index in [2.05, 4.69) is 0 Å². The zero-order chi connectivity index (χ0) is 15.7. The second-order valence-electron chi connectivity index (χ2n) is 4.63. The van der Waals surface area contributed by atoms with Crippen LogP contribution >= 0.6 is 0 Å². The summed E-state index contributed by atoms with van der Waals surface area (Å²) in [5.41, 5.74) is 0.966. The lowest BCUT2D eigenvalue weighted by atomic mass is 9.96. The van der Waals surface area contributed by atoms with E-state index < -0.39 is 0 Å². The lowest BCUT2D eigenvalue weighted by molar-refractivity contribution is -0.143. The van der Waals surface area contributed by atoms with Crippen molar-refractivity contribution in [1.29, 1.82) is 0 Å². The van der Waals surface area contributed by atoms with Crippen molar-refractivity contribution in [1.82, 2.24) is 0 Å². The van der Waals surface area contributed by atoms with Gasteiger partial charge in [-0.1, -0.05) is 6.07 Å². The number of rotatable bonds is 9. The third kappa shape index (κ3) is 5.45. The molecule has 21 heavy (non-hydrogen) atoms. The second-order valence-corrected chi connectivity index (χ2v) is 4.63. The van der Waals surface area contributed by atoms with Crippen molar-refractivity contribution in [3.05, 3.63) is 23.8 Å². The molecule has 0 radical (unpaired) electrons. The molecule has 5 heteroatoms. The quantitative estimate of drug-likeness (QED) is 0.517. The summed E-state index contributed by atoms with van der Waals surface area (Å²) in [6.45, 7) is 2.12. The maximum Gasteiger partial charge on any atom is 0.305 e. The number of carbonyl (C=O) groups excluding carboxylic acids is 2. The highest BCUT2D eigenvalue weighted by molar-refractivity contribution is 5.70. The average molecular weight is 294 g/mol. The molecule has 5 nitrogen and oxygen atoms in total. The van der Waals surface area contributed by atoms with Crippen molar-refractivity contribution >= 4 is 12.3 Å². The van der Waals surface area contributed by atoms with Gasteiger partial charge in [-0.2, -0.15) is 0 Å². The standard InChI is InChI=1S/C16H22O5/c1-4-21-16(18)8-6-13(11-17)9-12-5-7-14(19-2)15(10-12)20-3/h5,7,10-11,13H,4,6,8-9H2,1-3H3. The topological polar surface area (TPSA) is 61.8 Å². The number of aldehydes is 1. The van der Waals surface area contributed by atoms with Crippen LogP contribution in [0, 0.1) is 5.92 Å². The Morgan fingerprint density at radius 3 is 2.52 bits per heavy atom. The van der Waals surface area contributed by atoms with E-state index in [0.717, 1.165) is 11.8 Å². The lowest BCUT2D eigenvalue weighted by Gasteiger charge is -2.12. The predicted molar refractivity (Wildman–Crippen MR) is 78.7 cm³/mol. The van der Waals surface area contributed by atoms with Gasteiger partial charge in [0.25, 0.3) is 0 Å². The van der Waals surface area contributed by atoms with Gasteiger partial charge >= 0.3 is 5.97 Å². The van der Waals surface area contributed by atoms with Crippen molar-refractivity contribution in [2.24, 2.45) is 5.92 Å². The van der Waals surface area contributed by atoms with Crippen LogP contribution in [0.4, 0.5) is 0 Å². The number of ether oxygens (including phenoxy) is 3. The molecule has 0 aliphatic carbocycles. The molecular weight excluding hydrogens is 272 g/mol. The molecule has 0 aromatic heterocycles. The molecule has 0 spiro atoms. The van der Waals surface area contributed by atoms with Crippen molar-refractivity contribution < 1.29 is 23.8 Å². The summed E-state index contributed by atoms with van der Waals surface area (Å²) < 4.78 is 15.3.